The zero-order chi connectivity index (χ0) is 27.5. The number of nitrogens with one attached hydrogen (secondary N) is 1. The fourth-order valence-corrected chi connectivity index (χ4v) is 5.83. The maximum absolute atomic E-state index is 13.3. The van der Waals surface area contributed by atoms with Crippen molar-refractivity contribution in [3.05, 3.63) is 46.6 Å². The van der Waals surface area contributed by atoms with Crippen LogP contribution in [0.25, 0.3) is 11.3 Å². The second kappa shape index (κ2) is 11.7. The average molecular weight is 521 g/mol. The minimum absolute atomic E-state index is 0.0935. The Balaban J connectivity index is 0.000000786. The summed E-state index contributed by atoms with van der Waals surface area (Å²) in [6.45, 7) is 12.9. The van der Waals surface area contributed by atoms with Crippen LogP contribution < -0.4 is 5.32 Å². The average Bonchev–Trinajstić information content (AvgIpc) is 3.55. The number of benzene rings is 1. The number of aromatic nitrogens is 1. The normalized spacial score (nSPS) is 19.1. The van der Waals surface area contributed by atoms with Crippen LogP contribution in [0.2, 0.25) is 0 Å². The van der Waals surface area contributed by atoms with Crippen molar-refractivity contribution in [2.45, 2.75) is 122 Å². The summed E-state index contributed by atoms with van der Waals surface area (Å²) < 4.78 is 6.35. The molecule has 5 heteroatoms. The van der Waals surface area contributed by atoms with Gasteiger partial charge in [0.2, 0.25) is 0 Å². The molecule has 0 bridgehead atoms. The SMILES string of the molecule is COC=O.Cc1c(C(=O)NC2CCC2)cc(-c2cc(C(C)(C)C)cc(C3(C)CC3)c2)n1CC1CCCCC1. The number of nitrogens with zero attached hydrogens (tertiary/aromatic N) is 1. The third-order valence-corrected chi connectivity index (χ3v) is 9.11. The van der Waals surface area contributed by atoms with Crippen LogP contribution in [-0.4, -0.2) is 30.1 Å². The Morgan fingerprint density at radius 3 is 2.24 bits per heavy atom. The number of hydrogen-bond donors (Lipinski definition) is 1. The lowest BCUT2D eigenvalue weighted by Crippen LogP contribution is -2.39. The van der Waals surface area contributed by atoms with Crippen molar-refractivity contribution in [1.29, 1.82) is 0 Å². The van der Waals surface area contributed by atoms with Crippen molar-refractivity contribution in [2.24, 2.45) is 5.92 Å². The van der Waals surface area contributed by atoms with Crippen LogP contribution in [0, 0.1) is 12.8 Å². The van der Waals surface area contributed by atoms with E-state index < -0.39 is 0 Å². The molecule has 208 valence electrons. The van der Waals surface area contributed by atoms with Gasteiger partial charge in [0.05, 0.1) is 12.7 Å². The quantitative estimate of drug-likeness (QED) is 0.385. The molecule has 1 amide bonds. The van der Waals surface area contributed by atoms with Crippen molar-refractivity contribution in [3.63, 3.8) is 0 Å². The molecule has 38 heavy (non-hydrogen) atoms. The molecular weight excluding hydrogens is 472 g/mol. The number of amides is 1. The molecule has 3 saturated carbocycles. The van der Waals surface area contributed by atoms with Crippen molar-refractivity contribution in [1.82, 2.24) is 9.88 Å². The number of ether oxygens (including phenoxy) is 1. The van der Waals surface area contributed by atoms with E-state index in [-0.39, 0.29) is 11.3 Å². The fourth-order valence-electron chi connectivity index (χ4n) is 5.83. The van der Waals surface area contributed by atoms with Gasteiger partial charge in [-0.15, -0.1) is 0 Å². The van der Waals surface area contributed by atoms with E-state index in [1.54, 1.807) is 0 Å². The fraction of sp³-hybridized carbons (Fsp3) is 0.636. The molecule has 0 saturated heterocycles. The molecule has 0 unspecified atom stereocenters. The molecule has 1 aromatic heterocycles. The van der Waals surface area contributed by atoms with Crippen molar-refractivity contribution >= 4 is 12.4 Å². The third-order valence-electron chi connectivity index (χ3n) is 9.11. The molecule has 1 aromatic carbocycles. The summed E-state index contributed by atoms with van der Waals surface area (Å²) >= 11 is 0. The lowest BCUT2D eigenvalue weighted by Gasteiger charge is -2.26. The van der Waals surface area contributed by atoms with E-state index in [0.717, 1.165) is 30.6 Å². The highest BCUT2D eigenvalue weighted by Gasteiger charge is 2.40. The van der Waals surface area contributed by atoms with E-state index in [1.807, 2.05) is 0 Å². The van der Waals surface area contributed by atoms with Crippen LogP contribution in [0.5, 0.6) is 0 Å². The monoisotopic (exact) mass is 520 g/mol. The van der Waals surface area contributed by atoms with Crippen LogP contribution in [0.1, 0.15) is 119 Å². The van der Waals surface area contributed by atoms with E-state index >= 15 is 0 Å². The topological polar surface area (TPSA) is 60.3 Å². The molecule has 0 radical (unpaired) electrons. The van der Waals surface area contributed by atoms with Crippen LogP contribution in [-0.2, 0) is 26.9 Å². The molecule has 5 rings (SSSR count). The number of rotatable bonds is 7. The first-order valence-corrected chi connectivity index (χ1v) is 14.7. The second-order valence-corrected chi connectivity index (χ2v) is 13.2. The van der Waals surface area contributed by atoms with Gasteiger partial charge in [-0.25, -0.2) is 0 Å². The van der Waals surface area contributed by atoms with Gasteiger partial charge in [-0.1, -0.05) is 53.0 Å². The third kappa shape index (κ3) is 6.52. The van der Waals surface area contributed by atoms with E-state index in [1.165, 1.54) is 80.9 Å². The summed E-state index contributed by atoms with van der Waals surface area (Å²) in [4.78, 5) is 22.2. The van der Waals surface area contributed by atoms with Gasteiger partial charge in [-0.05, 0) is 104 Å². The van der Waals surface area contributed by atoms with Gasteiger partial charge in [0, 0.05) is 24.0 Å². The highest BCUT2D eigenvalue weighted by atomic mass is 16.5. The Labute approximate surface area is 229 Å². The Morgan fingerprint density at radius 1 is 1.05 bits per heavy atom. The maximum atomic E-state index is 13.3. The Hall–Kier alpha value is -2.56. The first-order valence-electron chi connectivity index (χ1n) is 14.7. The molecule has 3 fully saturated rings. The van der Waals surface area contributed by atoms with Gasteiger partial charge < -0.3 is 14.6 Å². The van der Waals surface area contributed by atoms with Gasteiger partial charge >= 0.3 is 0 Å². The lowest BCUT2D eigenvalue weighted by molar-refractivity contribution is -0.126. The summed E-state index contributed by atoms with van der Waals surface area (Å²) in [5, 5.41) is 3.30. The van der Waals surface area contributed by atoms with Gasteiger partial charge in [-0.2, -0.15) is 0 Å². The van der Waals surface area contributed by atoms with Crippen molar-refractivity contribution < 1.29 is 14.3 Å². The Bertz CT molecular complexity index is 1100. The van der Waals surface area contributed by atoms with Crippen LogP contribution in [0.3, 0.4) is 0 Å². The molecule has 3 aliphatic rings. The smallest absolute Gasteiger partial charge is 0.292 e. The summed E-state index contributed by atoms with van der Waals surface area (Å²) in [7, 11) is 1.31. The number of carbonyl (C=O) groups is 2. The Morgan fingerprint density at radius 2 is 1.71 bits per heavy atom. The van der Waals surface area contributed by atoms with Crippen molar-refractivity contribution in [3.8, 4) is 11.3 Å². The van der Waals surface area contributed by atoms with Gasteiger partial charge in [0.1, 0.15) is 0 Å². The summed E-state index contributed by atoms with van der Waals surface area (Å²) in [5.74, 6) is 0.833. The number of carbonyl (C=O) groups excluding carboxylic acids is 2. The maximum Gasteiger partial charge on any atom is 0.292 e. The highest BCUT2D eigenvalue weighted by Crippen LogP contribution is 2.49. The minimum Gasteiger partial charge on any atom is -0.471 e. The molecule has 5 nitrogen and oxygen atoms in total. The molecule has 1 heterocycles. The second-order valence-electron chi connectivity index (χ2n) is 13.2. The zero-order valence-electron chi connectivity index (χ0n) is 24.5. The Kier molecular flexibility index (Phi) is 8.74. The molecule has 0 aliphatic heterocycles. The minimum atomic E-state index is 0.0935. The van der Waals surface area contributed by atoms with E-state index in [0.29, 0.717) is 23.8 Å². The van der Waals surface area contributed by atoms with E-state index in [4.69, 9.17) is 4.79 Å². The highest BCUT2D eigenvalue weighted by molar-refractivity contribution is 5.97. The van der Waals surface area contributed by atoms with Gasteiger partial charge in [0.25, 0.3) is 12.4 Å². The predicted octanol–water partition coefficient (Wildman–Crippen LogP) is 7.46. The standard InChI is InChI=1S/C31H44N2O.C2H4O2/c1-21-27(29(34)32-26-12-9-13-26)19-28(33(21)20-22-10-7-6-8-11-22)23-16-24(30(2,3)4)18-25(17-23)31(5)14-15-31;1-4-2-3/h16-19,22,26H,6-15,20H2,1-5H3,(H,32,34);2H,1H3. The first-order chi connectivity index (χ1) is 18.1. The lowest BCUT2D eigenvalue weighted by atomic mass is 9.82. The van der Waals surface area contributed by atoms with Crippen LogP contribution >= 0.6 is 0 Å². The van der Waals surface area contributed by atoms with Gasteiger partial charge in [-0.3, -0.25) is 9.59 Å². The molecule has 3 aliphatic carbocycles. The molecule has 0 atom stereocenters. The summed E-state index contributed by atoms with van der Waals surface area (Å²) in [6, 6.07) is 9.84. The summed E-state index contributed by atoms with van der Waals surface area (Å²) in [5.41, 5.74) is 7.81. The van der Waals surface area contributed by atoms with Crippen LogP contribution in [0.15, 0.2) is 24.3 Å². The molecule has 1 N–H and O–H groups in total. The van der Waals surface area contributed by atoms with E-state index in [9.17, 15) is 4.79 Å². The number of hydrogen-bond acceptors (Lipinski definition) is 3. The van der Waals surface area contributed by atoms with E-state index in [2.05, 4.69) is 73.5 Å². The molecular formula is C33H48N2O3. The van der Waals surface area contributed by atoms with Gasteiger partial charge in [0.15, 0.2) is 0 Å². The zero-order valence-corrected chi connectivity index (χ0v) is 24.5. The molecule has 2 aromatic rings. The van der Waals surface area contributed by atoms with Crippen molar-refractivity contribution in [2.75, 3.05) is 7.11 Å². The largest absolute Gasteiger partial charge is 0.471 e. The summed E-state index contributed by atoms with van der Waals surface area (Å²) in [6.07, 6.45) is 12.7. The van der Waals surface area contributed by atoms with Crippen LogP contribution in [0.4, 0.5) is 0 Å². The predicted molar refractivity (Wildman–Crippen MR) is 155 cm³/mol. The number of methoxy groups -OCH3 is 1. The molecule has 0 spiro atoms. The first kappa shape index (κ1) is 28.4.